The number of nitrogens with zero attached hydrogens (tertiary/aromatic N) is 1. The van der Waals surface area contributed by atoms with E-state index in [0.29, 0.717) is 18.1 Å². The van der Waals surface area contributed by atoms with Crippen LogP contribution in [0.25, 0.3) is 0 Å². The smallest absolute Gasteiger partial charge is 0.0589 e. The minimum absolute atomic E-state index is 0.344. The molecule has 18 heavy (non-hydrogen) atoms. The zero-order valence-corrected chi connectivity index (χ0v) is 12.5. The standard InChI is InChI=1S/C15H32N2O/c1-4-13(2)17(11-12-18-3)15-10-8-6-5-7-9-14(15)16/h13-15H,4-12,16H2,1-3H3. The van der Waals surface area contributed by atoms with Crippen molar-refractivity contribution in [1.82, 2.24) is 4.90 Å². The van der Waals surface area contributed by atoms with Gasteiger partial charge in [-0.05, 0) is 26.2 Å². The molecule has 1 fully saturated rings. The van der Waals surface area contributed by atoms with Crippen LogP contribution in [0, 0.1) is 0 Å². The summed E-state index contributed by atoms with van der Waals surface area (Å²) in [6, 6.07) is 1.50. The van der Waals surface area contributed by atoms with Crippen LogP contribution in [-0.2, 0) is 4.74 Å². The van der Waals surface area contributed by atoms with Gasteiger partial charge in [-0.1, -0.05) is 32.6 Å². The molecule has 0 aromatic carbocycles. The van der Waals surface area contributed by atoms with Crippen LogP contribution in [0.15, 0.2) is 0 Å². The molecule has 0 spiro atoms. The molecule has 1 aliphatic rings. The molecular formula is C15H32N2O. The van der Waals surface area contributed by atoms with Gasteiger partial charge in [0.2, 0.25) is 0 Å². The molecule has 108 valence electrons. The Hall–Kier alpha value is -0.120. The molecule has 1 saturated carbocycles. The Labute approximate surface area is 113 Å². The van der Waals surface area contributed by atoms with Crippen molar-refractivity contribution in [3.05, 3.63) is 0 Å². The molecule has 1 rings (SSSR count). The van der Waals surface area contributed by atoms with Gasteiger partial charge in [0, 0.05) is 31.8 Å². The van der Waals surface area contributed by atoms with Crippen molar-refractivity contribution in [2.24, 2.45) is 5.73 Å². The minimum Gasteiger partial charge on any atom is -0.383 e. The third-order valence-corrected chi connectivity index (χ3v) is 4.42. The summed E-state index contributed by atoms with van der Waals surface area (Å²) in [5.41, 5.74) is 6.43. The predicted octanol–water partition coefficient (Wildman–Crippen LogP) is 2.78. The zero-order valence-electron chi connectivity index (χ0n) is 12.5. The molecule has 0 heterocycles. The van der Waals surface area contributed by atoms with Gasteiger partial charge in [-0.15, -0.1) is 0 Å². The topological polar surface area (TPSA) is 38.5 Å². The normalized spacial score (nSPS) is 27.8. The zero-order chi connectivity index (χ0) is 13.4. The maximum absolute atomic E-state index is 6.43. The van der Waals surface area contributed by atoms with E-state index in [4.69, 9.17) is 10.5 Å². The number of hydrogen-bond donors (Lipinski definition) is 1. The predicted molar refractivity (Wildman–Crippen MR) is 77.8 cm³/mol. The highest BCUT2D eigenvalue weighted by Gasteiger charge is 2.27. The Morgan fingerprint density at radius 1 is 1.22 bits per heavy atom. The minimum atomic E-state index is 0.344. The van der Waals surface area contributed by atoms with Crippen molar-refractivity contribution < 1.29 is 4.74 Å². The monoisotopic (exact) mass is 256 g/mol. The van der Waals surface area contributed by atoms with Crippen molar-refractivity contribution in [2.75, 3.05) is 20.3 Å². The van der Waals surface area contributed by atoms with E-state index in [0.717, 1.165) is 13.2 Å². The fourth-order valence-corrected chi connectivity index (χ4v) is 3.05. The average Bonchev–Trinajstić information content (AvgIpc) is 2.36. The Bertz CT molecular complexity index is 209. The highest BCUT2D eigenvalue weighted by atomic mass is 16.5. The summed E-state index contributed by atoms with van der Waals surface area (Å²) in [5.74, 6) is 0. The lowest BCUT2D eigenvalue weighted by molar-refractivity contribution is 0.0673. The molecule has 3 atom stereocenters. The molecule has 1 aliphatic carbocycles. The third-order valence-electron chi connectivity index (χ3n) is 4.42. The summed E-state index contributed by atoms with van der Waals surface area (Å²) < 4.78 is 5.27. The maximum atomic E-state index is 6.43. The molecule has 0 aromatic rings. The fraction of sp³-hybridized carbons (Fsp3) is 1.00. The third kappa shape index (κ3) is 4.87. The van der Waals surface area contributed by atoms with E-state index >= 15 is 0 Å². The van der Waals surface area contributed by atoms with Crippen LogP contribution in [-0.4, -0.2) is 43.3 Å². The Morgan fingerprint density at radius 2 is 1.89 bits per heavy atom. The van der Waals surface area contributed by atoms with Crippen LogP contribution in [0.2, 0.25) is 0 Å². The molecule has 0 aliphatic heterocycles. The first-order valence-electron chi connectivity index (χ1n) is 7.71. The molecule has 3 heteroatoms. The van der Waals surface area contributed by atoms with Crippen LogP contribution < -0.4 is 5.73 Å². The van der Waals surface area contributed by atoms with Crippen molar-refractivity contribution in [1.29, 1.82) is 0 Å². The van der Waals surface area contributed by atoms with Crippen molar-refractivity contribution in [3.63, 3.8) is 0 Å². The van der Waals surface area contributed by atoms with Crippen molar-refractivity contribution >= 4 is 0 Å². The quantitative estimate of drug-likeness (QED) is 0.794. The van der Waals surface area contributed by atoms with Crippen LogP contribution >= 0.6 is 0 Å². The first-order chi connectivity index (χ1) is 8.70. The summed E-state index contributed by atoms with van der Waals surface area (Å²) in [4.78, 5) is 2.60. The lowest BCUT2D eigenvalue weighted by atomic mass is 9.90. The first-order valence-corrected chi connectivity index (χ1v) is 7.71. The molecule has 2 N–H and O–H groups in total. The molecule has 0 radical (unpaired) electrons. The number of ether oxygens (including phenoxy) is 1. The van der Waals surface area contributed by atoms with Crippen molar-refractivity contribution in [2.45, 2.75) is 76.9 Å². The SMILES string of the molecule is CCC(C)N(CCOC)C1CCCCCCC1N. The van der Waals surface area contributed by atoms with E-state index in [-0.39, 0.29) is 0 Å². The first kappa shape index (κ1) is 15.9. The van der Waals surface area contributed by atoms with Gasteiger partial charge in [0.15, 0.2) is 0 Å². The van der Waals surface area contributed by atoms with Crippen LogP contribution in [0.4, 0.5) is 0 Å². The van der Waals surface area contributed by atoms with E-state index in [9.17, 15) is 0 Å². The van der Waals surface area contributed by atoms with E-state index < -0.39 is 0 Å². The van der Waals surface area contributed by atoms with Crippen molar-refractivity contribution in [3.8, 4) is 0 Å². The summed E-state index contributed by atoms with van der Waals surface area (Å²) in [5, 5.41) is 0. The molecule has 0 saturated heterocycles. The Morgan fingerprint density at radius 3 is 2.50 bits per heavy atom. The lowest BCUT2D eigenvalue weighted by Crippen LogP contribution is -2.52. The number of methoxy groups -OCH3 is 1. The van der Waals surface area contributed by atoms with E-state index in [1.165, 1.54) is 44.9 Å². The van der Waals surface area contributed by atoms with Gasteiger partial charge in [-0.2, -0.15) is 0 Å². The second kappa shape index (κ2) is 8.89. The largest absolute Gasteiger partial charge is 0.383 e. The average molecular weight is 256 g/mol. The van der Waals surface area contributed by atoms with E-state index in [2.05, 4.69) is 18.7 Å². The van der Waals surface area contributed by atoms with E-state index in [1.54, 1.807) is 7.11 Å². The molecule has 0 aromatic heterocycles. The molecule has 0 amide bonds. The summed E-state index contributed by atoms with van der Waals surface area (Å²) in [7, 11) is 1.78. The number of hydrogen-bond acceptors (Lipinski definition) is 3. The second-order valence-electron chi connectivity index (χ2n) is 5.71. The fourth-order valence-electron chi connectivity index (χ4n) is 3.05. The lowest BCUT2D eigenvalue weighted by Gasteiger charge is -2.40. The molecule has 3 nitrogen and oxygen atoms in total. The maximum Gasteiger partial charge on any atom is 0.0589 e. The Kier molecular flexibility index (Phi) is 7.87. The van der Waals surface area contributed by atoms with Gasteiger partial charge in [0.05, 0.1) is 6.61 Å². The van der Waals surface area contributed by atoms with Gasteiger partial charge < -0.3 is 10.5 Å². The van der Waals surface area contributed by atoms with Gasteiger partial charge >= 0.3 is 0 Å². The van der Waals surface area contributed by atoms with E-state index in [1.807, 2.05) is 0 Å². The van der Waals surface area contributed by atoms with Gasteiger partial charge in [-0.25, -0.2) is 0 Å². The summed E-state index contributed by atoms with van der Waals surface area (Å²) >= 11 is 0. The highest BCUT2D eigenvalue weighted by molar-refractivity contribution is 4.86. The summed E-state index contributed by atoms with van der Waals surface area (Å²) in [6.45, 7) is 6.41. The molecular weight excluding hydrogens is 224 g/mol. The number of nitrogens with two attached hydrogens (primary N) is 1. The van der Waals surface area contributed by atoms with Crippen LogP contribution in [0.3, 0.4) is 0 Å². The Balaban J connectivity index is 2.65. The summed E-state index contributed by atoms with van der Waals surface area (Å²) in [6.07, 6.45) is 9.00. The van der Waals surface area contributed by atoms with Crippen LogP contribution in [0.1, 0.15) is 58.8 Å². The number of rotatable bonds is 6. The molecule has 3 unspecified atom stereocenters. The van der Waals surface area contributed by atoms with Gasteiger partial charge in [0.1, 0.15) is 0 Å². The highest BCUT2D eigenvalue weighted by Crippen LogP contribution is 2.23. The van der Waals surface area contributed by atoms with Crippen LogP contribution in [0.5, 0.6) is 0 Å². The van der Waals surface area contributed by atoms with Gasteiger partial charge in [0.25, 0.3) is 0 Å². The molecule has 0 bridgehead atoms. The van der Waals surface area contributed by atoms with Gasteiger partial charge in [-0.3, -0.25) is 4.90 Å². The second-order valence-corrected chi connectivity index (χ2v) is 5.71.